The summed E-state index contributed by atoms with van der Waals surface area (Å²) in [5, 5.41) is 4.58. The Bertz CT molecular complexity index is 575. The van der Waals surface area contributed by atoms with Gasteiger partial charge in [0.1, 0.15) is 5.82 Å². The number of hydrogen-bond acceptors (Lipinski definition) is 4. The van der Waals surface area contributed by atoms with Crippen molar-refractivity contribution in [3.63, 3.8) is 0 Å². The van der Waals surface area contributed by atoms with E-state index < -0.39 is 0 Å². The second kappa shape index (κ2) is 5.03. The van der Waals surface area contributed by atoms with Crippen molar-refractivity contribution in [2.75, 3.05) is 11.1 Å². The molecule has 4 heteroatoms. The minimum atomic E-state index is 0.333. The third-order valence-electron chi connectivity index (χ3n) is 4.09. The summed E-state index contributed by atoms with van der Waals surface area (Å²) in [4.78, 5) is 8.64. The Morgan fingerprint density at radius 2 is 1.95 bits per heavy atom. The zero-order valence-corrected chi connectivity index (χ0v) is 11.3. The first kappa shape index (κ1) is 12.2. The number of nitrogens with two attached hydrogens (primary N) is 1. The van der Waals surface area contributed by atoms with E-state index in [-0.39, 0.29) is 0 Å². The van der Waals surface area contributed by atoms with Gasteiger partial charge in [-0.25, -0.2) is 4.98 Å². The van der Waals surface area contributed by atoms with Gasteiger partial charge in [-0.3, -0.25) is 0 Å². The van der Waals surface area contributed by atoms with Crippen LogP contribution >= 0.6 is 0 Å². The molecule has 1 aromatic heterocycles. The molecule has 1 saturated carbocycles. The van der Waals surface area contributed by atoms with Crippen LogP contribution in [0.3, 0.4) is 0 Å². The molecule has 0 radical (unpaired) electrons. The molecule has 1 aromatic carbocycles. The molecule has 1 aliphatic rings. The molecule has 1 unspecified atom stereocenters. The van der Waals surface area contributed by atoms with Crippen molar-refractivity contribution in [3.05, 3.63) is 24.3 Å². The summed E-state index contributed by atoms with van der Waals surface area (Å²) in [5.41, 5.74) is 6.69. The Hall–Kier alpha value is -1.84. The fourth-order valence-corrected chi connectivity index (χ4v) is 3.00. The van der Waals surface area contributed by atoms with Gasteiger partial charge in [-0.1, -0.05) is 25.0 Å². The number of nitrogens with one attached hydrogen (secondary N) is 1. The standard InChI is InChI=1S/C15H20N4/c1-10(11-6-2-3-7-11)17-14-12-8-4-5-9-13(12)18-15(16)19-14/h4-5,8-11H,2-3,6-7H2,1H3,(H3,16,17,18,19). The van der Waals surface area contributed by atoms with Crippen LogP contribution in [0.2, 0.25) is 0 Å². The molecule has 3 rings (SSSR count). The number of hydrogen-bond donors (Lipinski definition) is 2. The third kappa shape index (κ3) is 2.48. The van der Waals surface area contributed by atoms with Crippen molar-refractivity contribution in [1.29, 1.82) is 0 Å². The lowest BCUT2D eigenvalue weighted by atomic mass is 10.00. The van der Waals surface area contributed by atoms with E-state index in [4.69, 9.17) is 5.73 Å². The molecule has 0 saturated heterocycles. The van der Waals surface area contributed by atoms with Crippen LogP contribution in [0.5, 0.6) is 0 Å². The smallest absolute Gasteiger partial charge is 0.222 e. The number of fused-ring (bicyclic) bond motifs is 1. The summed E-state index contributed by atoms with van der Waals surface area (Å²) in [5.74, 6) is 1.94. The fraction of sp³-hybridized carbons (Fsp3) is 0.467. The summed E-state index contributed by atoms with van der Waals surface area (Å²) in [6.07, 6.45) is 5.33. The van der Waals surface area contributed by atoms with E-state index in [2.05, 4.69) is 22.2 Å². The Kier molecular flexibility index (Phi) is 3.23. The van der Waals surface area contributed by atoms with E-state index in [0.29, 0.717) is 12.0 Å². The summed E-state index contributed by atoms with van der Waals surface area (Å²) >= 11 is 0. The average Bonchev–Trinajstić information content (AvgIpc) is 2.92. The molecule has 1 heterocycles. The highest BCUT2D eigenvalue weighted by Gasteiger charge is 2.22. The highest BCUT2D eigenvalue weighted by molar-refractivity contribution is 5.89. The van der Waals surface area contributed by atoms with Crippen LogP contribution in [-0.2, 0) is 0 Å². The number of nitrogens with zero attached hydrogens (tertiary/aromatic N) is 2. The molecule has 3 N–H and O–H groups in total. The van der Waals surface area contributed by atoms with Gasteiger partial charge in [0.05, 0.1) is 5.52 Å². The second-order valence-electron chi connectivity index (χ2n) is 5.43. The van der Waals surface area contributed by atoms with Gasteiger partial charge in [0.25, 0.3) is 0 Å². The normalized spacial score (nSPS) is 17.7. The Morgan fingerprint density at radius 1 is 1.21 bits per heavy atom. The van der Waals surface area contributed by atoms with Gasteiger partial charge < -0.3 is 11.1 Å². The third-order valence-corrected chi connectivity index (χ3v) is 4.09. The Labute approximate surface area is 113 Å². The largest absolute Gasteiger partial charge is 0.368 e. The Balaban J connectivity index is 1.91. The van der Waals surface area contributed by atoms with E-state index >= 15 is 0 Å². The molecule has 1 fully saturated rings. The summed E-state index contributed by atoms with van der Waals surface area (Å²) < 4.78 is 0. The van der Waals surface area contributed by atoms with Crippen molar-refractivity contribution in [2.45, 2.75) is 38.6 Å². The lowest BCUT2D eigenvalue weighted by Crippen LogP contribution is -2.24. The van der Waals surface area contributed by atoms with Gasteiger partial charge in [-0.05, 0) is 37.8 Å². The zero-order valence-electron chi connectivity index (χ0n) is 11.3. The maximum Gasteiger partial charge on any atom is 0.222 e. The predicted molar refractivity (Wildman–Crippen MR) is 79.0 cm³/mol. The van der Waals surface area contributed by atoms with Crippen LogP contribution in [-0.4, -0.2) is 16.0 Å². The van der Waals surface area contributed by atoms with Crippen molar-refractivity contribution >= 4 is 22.7 Å². The highest BCUT2D eigenvalue weighted by Crippen LogP contribution is 2.30. The van der Waals surface area contributed by atoms with Crippen molar-refractivity contribution in [2.24, 2.45) is 5.92 Å². The first-order valence-electron chi connectivity index (χ1n) is 7.03. The molecule has 0 aliphatic heterocycles. The minimum Gasteiger partial charge on any atom is -0.368 e. The molecule has 1 atom stereocenters. The molecule has 0 amide bonds. The number of anilines is 2. The van der Waals surface area contributed by atoms with Crippen molar-refractivity contribution < 1.29 is 0 Å². The Morgan fingerprint density at radius 3 is 2.74 bits per heavy atom. The number of nitrogen functional groups attached to an aromatic ring is 1. The fourth-order valence-electron chi connectivity index (χ4n) is 3.00. The van der Waals surface area contributed by atoms with E-state index in [1.807, 2.05) is 24.3 Å². The number of benzene rings is 1. The lowest BCUT2D eigenvalue weighted by Gasteiger charge is -2.21. The van der Waals surface area contributed by atoms with Gasteiger partial charge in [0.15, 0.2) is 0 Å². The van der Waals surface area contributed by atoms with Crippen LogP contribution in [0.1, 0.15) is 32.6 Å². The van der Waals surface area contributed by atoms with Crippen LogP contribution in [0.25, 0.3) is 10.9 Å². The minimum absolute atomic E-state index is 0.333. The molecule has 100 valence electrons. The summed E-state index contributed by atoms with van der Waals surface area (Å²) in [7, 11) is 0. The molecule has 2 aromatic rings. The van der Waals surface area contributed by atoms with Crippen molar-refractivity contribution in [1.82, 2.24) is 9.97 Å². The molecular formula is C15H20N4. The van der Waals surface area contributed by atoms with E-state index in [1.54, 1.807) is 0 Å². The van der Waals surface area contributed by atoms with Crippen LogP contribution < -0.4 is 11.1 Å². The van der Waals surface area contributed by atoms with E-state index in [1.165, 1.54) is 25.7 Å². The van der Waals surface area contributed by atoms with Crippen LogP contribution in [0.4, 0.5) is 11.8 Å². The number of aromatic nitrogens is 2. The quantitative estimate of drug-likeness (QED) is 0.885. The average molecular weight is 256 g/mol. The van der Waals surface area contributed by atoms with Gasteiger partial charge in [0, 0.05) is 11.4 Å². The predicted octanol–water partition coefficient (Wildman–Crippen LogP) is 3.20. The summed E-state index contributed by atoms with van der Waals surface area (Å²) in [6.45, 7) is 2.24. The molecule has 19 heavy (non-hydrogen) atoms. The van der Waals surface area contributed by atoms with Gasteiger partial charge in [-0.15, -0.1) is 0 Å². The van der Waals surface area contributed by atoms with Gasteiger partial charge >= 0.3 is 0 Å². The van der Waals surface area contributed by atoms with Crippen molar-refractivity contribution in [3.8, 4) is 0 Å². The lowest BCUT2D eigenvalue weighted by molar-refractivity contribution is 0.481. The maximum absolute atomic E-state index is 5.79. The number of para-hydroxylation sites is 1. The first-order valence-corrected chi connectivity index (χ1v) is 7.03. The van der Waals surface area contributed by atoms with E-state index in [0.717, 1.165) is 22.6 Å². The van der Waals surface area contributed by atoms with E-state index in [9.17, 15) is 0 Å². The zero-order chi connectivity index (χ0) is 13.2. The van der Waals surface area contributed by atoms with Gasteiger partial charge in [-0.2, -0.15) is 4.98 Å². The molecular weight excluding hydrogens is 236 g/mol. The second-order valence-corrected chi connectivity index (χ2v) is 5.43. The molecule has 4 nitrogen and oxygen atoms in total. The monoisotopic (exact) mass is 256 g/mol. The highest BCUT2D eigenvalue weighted by atomic mass is 15.1. The van der Waals surface area contributed by atoms with Crippen LogP contribution in [0.15, 0.2) is 24.3 Å². The SMILES string of the molecule is CC(Nc1nc(N)nc2ccccc12)C1CCCC1. The van der Waals surface area contributed by atoms with Crippen LogP contribution in [0, 0.1) is 5.92 Å². The molecule has 0 bridgehead atoms. The van der Waals surface area contributed by atoms with Gasteiger partial charge in [0.2, 0.25) is 5.95 Å². The maximum atomic E-state index is 5.79. The molecule has 0 spiro atoms. The molecule has 1 aliphatic carbocycles. The summed E-state index contributed by atoms with van der Waals surface area (Å²) in [6, 6.07) is 8.42. The first-order chi connectivity index (χ1) is 9.24. The topological polar surface area (TPSA) is 63.8 Å². The number of rotatable bonds is 3.